The molecule has 0 heteroatoms. The van der Waals surface area contributed by atoms with E-state index in [0.29, 0.717) is 0 Å². The van der Waals surface area contributed by atoms with Gasteiger partial charge in [0.05, 0.1) is 0 Å². The Bertz CT molecular complexity index is 148. The minimum absolute atomic E-state index is 0.911. The van der Waals surface area contributed by atoms with Crippen LogP contribution in [0.2, 0.25) is 0 Å². The normalized spacial score (nSPS) is 28.1. The number of rotatable bonds is 7. The van der Waals surface area contributed by atoms with Crippen molar-refractivity contribution in [1.29, 1.82) is 0 Å². The summed E-state index contributed by atoms with van der Waals surface area (Å²) in [5, 5.41) is 0. The van der Waals surface area contributed by atoms with Crippen LogP contribution in [0.5, 0.6) is 0 Å². The molecule has 1 fully saturated rings. The highest BCUT2D eigenvalue weighted by molar-refractivity contribution is 4.91. The van der Waals surface area contributed by atoms with Crippen LogP contribution < -0.4 is 0 Å². The first-order valence-corrected chi connectivity index (χ1v) is 6.69. The topological polar surface area (TPSA) is 0 Å². The van der Waals surface area contributed by atoms with Crippen molar-refractivity contribution in [1.82, 2.24) is 0 Å². The smallest absolute Gasteiger partial charge is 0.0355 e. The van der Waals surface area contributed by atoms with Crippen LogP contribution in [0.4, 0.5) is 0 Å². The second-order valence-electron chi connectivity index (χ2n) is 5.60. The Balaban J connectivity index is 2.20. The van der Waals surface area contributed by atoms with E-state index in [9.17, 15) is 0 Å². The van der Waals surface area contributed by atoms with Crippen LogP contribution in [0.15, 0.2) is 0 Å². The van der Waals surface area contributed by atoms with Crippen molar-refractivity contribution in [2.75, 3.05) is 0 Å². The van der Waals surface area contributed by atoms with Crippen molar-refractivity contribution >= 4 is 0 Å². The van der Waals surface area contributed by atoms with E-state index in [0.717, 1.165) is 23.7 Å². The Morgan fingerprint density at radius 2 is 1.93 bits per heavy atom. The second kappa shape index (κ2) is 5.78. The highest BCUT2D eigenvalue weighted by Crippen LogP contribution is 2.50. The van der Waals surface area contributed by atoms with Crippen molar-refractivity contribution in [2.24, 2.45) is 23.7 Å². The number of hydrogen-bond donors (Lipinski definition) is 0. The van der Waals surface area contributed by atoms with Crippen molar-refractivity contribution in [2.45, 2.75) is 66.2 Å². The predicted molar refractivity (Wildman–Crippen MR) is 64.4 cm³/mol. The van der Waals surface area contributed by atoms with Crippen LogP contribution in [0.1, 0.15) is 66.2 Å². The van der Waals surface area contributed by atoms with Gasteiger partial charge in [-0.15, -0.1) is 0 Å². The average Bonchev–Trinajstić information content (AvgIpc) is 2.85. The molecule has 0 aromatic carbocycles. The first-order chi connectivity index (χ1) is 6.69. The molecular weight excluding hydrogens is 168 g/mol. The van der Waals surface area contributed by atoms with E-state index in [4.69, 9.17) is 0 Å². The van der Waals surface area contributed by atoms with E-state index in [1.165, 1.54) is 32.1 Å². The third-order valence-corrected chi connectivity index (χ3v) is 3.81. The quantitative estimate of drug-likeness (QED) is 0.544. The summed E-state index contributed by atoms with van der Waals surface area (Å²) in [4.78, 5) is 0. The van der Waals surface area contributed by atoms with E-state index >= 15 is 0 Å². The lowest BCUT2D eigenvalue weighted by atomic mass is 9.91. The van der Waals surface area contributed by atoms with Crippen molar-refractivity contribution < 1.29 is 0 Å². The monoisotopic (exact) mass is 196 g/mol. The fourth-order valence-corrected chi connectivity index (χ4v) is 2.91. The summed E-state index contributed by atoms with van der Waals surface area (Å²) >= 11 is 0. The molecule has 1 rings (SSSR count). The van der Waals surface area contributed by atoms with Crippen LogP contribution in [-0.2, 0) is 0 Å². The fraction of sp³-hybridized carbons (Fsp3) is 1.00. The summed E-state index contributed by atoms with van der Waals surface area (Å²) in [7, 11) is 0. The standard InChI is InChI=1S/C14H28/c1-5-7-8-12(6-2)14-10-13(14)9-11(3)4/h11-14H,5-10H2,1-4H3. The molecule has 0 heterocycles. The Morgan fingerprint density at radius 3 is 2.43 bits per heavy atom. The summed E-state index contributed by atoms with van der Waals surface area (Å²) in [6, 6.07) is 0. The summed E-state index contributed by atoms with van der Waals surface area (Å²) in [6.45, 7) is 9.42. The van der Waals surface area contributed by atoms with Gasteiger partial charge in [-0.3, -0.25) is 0 Å². The lowest BCUT2D eigenvalue weighted by molar-refractivity contribution is 0.365. The highest BCUT2D eigenvalue weighted by Gasteiger charge is 2.41. The Morgan fingerprint density at radius 1 is 1.21 bits per heavy atom. The molecular formula is C14H28. The maximum atomic E-state index is 2.38. The van der Waals surface area contributed by atoms with Gasteiger partial charge < -0.3 is 0 Å². The zero-order valence-electron chi connectivity index (χ0n) is 10.6. The summed E-state index contributed by atoms with van der Waals surface area (Å²) in [5.41, 5.74) is 0. The molecule has 0 aliphatic heterocycles. The molecule has 1 aliphatic carbocycles. The minimum Gasteiger partial charge on any atom is -0.0654 e. The second-order valence-corrected chi connectivity index (χ2v) is 5.60. The third-order valence-electron chi connectivity index (χ3n) is 3.81. The summed E-state index contributed by atoms with van der Waals surface area (Å²) < 4.78 is 0. The first-order valence-electron chi connectivity index (χ1n) is 6.69. The molecule has 0 bridgehead atoms. The number of hydrogen-bond acceptors (Lipinski definition) is 0. The van der Waals surface area contributed by atoms with Crippen LogP contribution in [0.3, 0.4) is 0 Å². The van der Waals surface area contributed by atoms with E-state index in [1.807, 2.05) is 0 Å². The van der Waals surface area contributed by atoms with Crippen LogP contribution in [-0.4, -0.2) is 0 Å². The molecule has 0 amide bonds. The van der Waals surface area contributed by atoms with Gasteiger partial charge in [-0.05, 0) is 36.5 Å². The molecule has 14 heavy (non-hydrogen) atoms. The zero-order chi connectivity index (χ0) is 10.6. The zero-order valence-corrected chi connectivity index (χ0v) is 10.6. The van der Waals surface area contributed by atoms with Gasteiger partial charge in [0.2, 0.25) is 0 Å². The first kappa shape index (κ1) is 12.1. The molecule has 1 aliphatic rings. The molecule has 84 valence electrons. The molecule has 0 nitrogen and oxygen atoms in total. The molecule has 0 aromatic heterocycles. The van der Waals surface area contributed by atoms with Gasteiger partial charge in [0.25, 0.3) is 0 Å². The van der Waals surface area contributed by atoms with Crippen molar-refractivity contribution in [3.05, 3.63) is 0 Å². The lowest BCUT2D eigenvalue weighted by Crippen LogP contribution is -2.04. The fourth-order valence-electron chi connectivity index (χ4n) is 2.91. The van der Waals surface area contributed by atoms with Gasteiger partial charge in [0.15, 0.2) is 0 Å². The van der Waals surface area contributed by atoms with Crippen molar-refractivity contribution in [3.63, 3.8) is 0 Å². The van der Waals surface area contributed by atoms with E-state index in [1.54, 1.807) is 6.42 Å². The maximum absolute atomic E-state index is 2.38. The van der Waals surface area contributed by atoms with Crippen LogP contribution >= 0.6 is 0 Å². The predicted octanol–water partition coefficient (Wildman–Crippen LogP) is 4.89. The summed E-state index contributed by atoms with van der Waals surface area (Å²) in [6.07, 6.45) is 8.75. The van der Waals surface area contributed by atoms with Gasteiger partial charge in [0, 0.05) is 0 Å². The van der Waals surface area contributed by atoms with E-state index < -0.39 is 0 Å². The van der Waals surface area contributed by atoms with Gasteiger partial charge >= 0.3 is 0 Å². The van der Waals surface area contributed by atoms with E-state index in [-0.39, 0.29) is 0 Å². The highest BCUT2D eigenvalue weighted by atomic mass is 14.5. The molecule has 3 atom stereocenters. The summed E-state index contributed by atoms with van der Waals surface area (Å²) in [5.74, 6) is 4.16. The SMILES string of the molecule is CCCCC(CC)C1CC1CC(C)C. The van der Waals surface area contributed by atoms with Gasteiger partial charge in [-0.1, -0.05) is 53.4 Å². The Hall–Kier alpha value is 0. The largest absolute Gasteiger partial charge is 0.0654 e. The van der Waals surface area contributed by atoms with E-state index in [2.05, 4.69) is 27.7 Å². The molecule has 1 saturated carbocycles. The average molecular weight is 196 g/mol. The maximum Gasteiger partial charge on any atom is -0.0355 e. The molecule has 0 N–H and O–H groups in total. The minimum atomic E-state index is 0.911. The van der Waals surface area contributed by atoms with Crippen molar-refractivity contribution in [3.8, 4) is 0 Å². The van der Waals surface area contributed by atoms with Crippen LogP contribution in [0, 0.1) is 23.7 Å². The lowest BCUT2D eigenvalue weighted by Gasteiger charge is -2.14. The van der Waals surface area contributed by atoms with Gasteiger partial charge in [-0.2, -0.15) is 0 Å². The molecule has 0 aromatic rings. The van der Waals surface area contributed by atoms with Gasteiger partial charge in [-0.25, -0.2) is 0 Å². The third kappa shape index (κ3) is 3.63. The number of unbranched alkanes of at least 4 members (excludes halogenated alkanes) is 1. The van der Waals surface area contributed by atoms with Crippen LogP contribution in [0.25, 0.3) is 0 Å². The van der Waals surface area contributed by atoms with Gasteiger partial charge in [0.1, 0.15) is 0 Å². The molecule has 3 unspecified atom stereocenters. The Labute approximate surface area is 90.5 Å². The molecule has 0 saturated heterocycles. The molecule has 0 spiro atoms. The Kier molecular flexibility index (Phi) is 4.98. The molecule has 0 radical (unpaired) electrons.